The number of hydrogen-bond acceptors (Lipinski definition) is 5. The zero-order valence-corrected chi connectivity index (χ0v) is 15.4. The number of aromatic hydroxyl groups is 1. The lowest BCUT2D eigenvalue weighted by atomic mass is 9.96. The number of aromatic nitrogens is 2. The summed E-state index contributed by atoms with van der Waals surface area (Å²) >= 11 is 0. The Morgan fingerprint density at radius 2 is 2.04 bits per heavy atom. The monoisotopic (exact) mass is 370 g/mol. The zero-order chi connectivity index (χ0) is 18.6. The number of aryl methyl sites for hydroxylation is 1. The third-order valence-electron chi connectivity index (χ3n) is 5.40. The van der Waals surface area contributed by atoms with Gasteiger partial charge in [-0.3, -0.25) is 0 Å². The number of carbonyl (C=O) groups is 1. The molecule has 7 nitrogen and oxygen atoms in total. The van der Waals surface area contributed by atoms with Gasteiger partial charge in [-0.1, -0.05) is 17.3 Å². The van der Waals surface area contributed by atoms with Crippen molar-refractivity contribution in [3.63, 3.8) is 0 Å². The number of nitrogens with one attached hydrogen (secondary N) is 1. The third-order valence-corrected chi connectivity index (χ3v) is 5.40. The summed E-state index contributed by atoms with van der Waals surface area (Å²) in [5, 5.41) is 16.3. The highest BCUT2D eigenvalue weighted by atomic mass is 16.5. The van der Waals surface area contributed by atoms with E-state index in [1.165, 1.54) is 5.56 Å². The van der Waals surface area contributed by atoms with Crippen molar-refractivity contribution in [2.24, 2.45) is 0 Å². The summed E-state index contributed by atoms with van der Waals surface area (Å²) in [5.74, 6) is 1.95. The number of amides is 2. The topological polar surface area (TPSA) is 91.5 Å². The Balaban J connectivity index is 1.30. The van der Waals surface area contributed by atoms with Crippen LogP contribution in [0.25, 0.3) is 0 Å². The Labute approximate surface area is 158 Å². The van der Waals surface area contributed by atoms with E-state index in [0.29, 0.717) is 24.2 Å². The molecule has 0 unspecified atom stereocenters. The Morgan fingerprint density at radius 1 is 1.22 bits per heavy atom. The largest absolute Gasteiger partial charge is 0.508 e. The molecule has 2 N–H and O–H groups in total. The molecule has 2 heterocycles. The van der Waals surface area contributed by atoms with Crippen molar-refractivity contribution in [1.29, 1.82) is 0 Å². The fourth-order valence-corrected chi connectivity index (χ4v) is 3.66. The van der Waals surface area contributed by atoms with Gasteiger partial charge in [-0.2, -0.15) is 4.98 Å². The van der Waals surface area contributed by atoms with Crippen molar-refractivity contribution in [2.75, 3.05) is 6.54 Å². The van der Waals surface area contributed by atoms with Gasteiger partial charge in [0.05, 0.1) is 6.54 Å². The molecule has 4 rings (SSSR count). The fourth-order valence-electron chi connectivity index (χ4n) is 3.66. The summed E-state index contributed by atoms with van der Waals surface area (Å²) in [5.41, 5.74) is 1.18. The predicted octanol–water partition coefficient (Wildman–Crippen LogP) is 3.35. The molecule has 1 saturated heterocycles. The van der Waals surface area contributed by atoms with Gasteiger partial charge in [0.1, 0.15) is 5.75 Å². The minimum atomic E-state index is -0.0526. The smallest absolute Gasteiger partial charge is 0.318 e. The highest BCUT2D eigenvalue weighted by molar-refractivity contribution is 5.74. The molecule has 2 aliphatic rings. The molecule has 1 aliphatic carbocycles. The molecule has 1 atom stereocenters. The number of urea groups is 1. The maximum absolute atomic E-state index is 12.7. The van der Waals surface area contributed by atoms with Crippen molar-refractivity contribution in [1.82, 2.24) is 20.4 Å². The average molecular weight is 370 g/mol. The molecular weight excluding hydrogens is 344 g/mol. The van der Waals surface area contributed by atoms with E-state index >= 15 is 0 Å². The molecule has 2 aromatic rings. The number of piperidine rings is 1. The standard InChI is InChI=1S/C20H26N4O3/c25-17-10-5-14(6-11-17)4-9-16-3-1-2-12-24(16)20(26)21-13-18-22-19(27-23-18)15-7-8-15/h5-6,10-11,15-16,25H,1-4,7-9,12-13H2,(H,21,26)/t16-/m1/s1. The fraction of sp³-hybridized carbons (Fsp3) is 0.550. The normalized spacial score (nSPS) is 19.9. The second-order valence-corrected chi connectivity index (χ2v) is 7.53. The Morgan fingerprint density at radius 3 is 2.81 bits per heavy atom. The summed E-state index contributed by atoms with van der Waals surface area (Å²) in [6.07, 6.45) is 7.27. The van der Waals surface area contributed by atoms with E-state index in [4.69, 9.17) is 4.52 Å². The molecule has 0 radical (unpaired) electrons. The predicted molar refractivity (Wildman–Crippen MR) is 99.3 cm³/mol. The van der Waals surface area contributed by atoms with E-state index in [2.05, 4.69) is 15.5 Å². The van der Waals surface area contributed by atoms with Crippen molar-refractivity contribution < 1.29 is 14.4 Å². The van der Waals surface area contributed by atoms with Crippen molar-refractivity contribution >= 4 is 6.03 Å². The summed E-state index contributed by atoms with van der Waals surface area (Å²) in [6, 6.07) is 7.48. The maximum Gasteiger partial charge on any atom is 0.318 e. The minimum Gasteiger partial charge on any atom is -0.508 e. The van der Waals surface area contributed by atoms with Crippen LogP contribution in [0, 0.1) is 0 Å². The first kappa shape index (κ1) is 17.8. The van der Waals surface area contributed by atoms with Crippen LogP contribution in [0.15, 0.2) is 28.8 Å². The van der Waals surface area contributed by atoms with E-state index < -0.39 is 0 Å². The van der Waals surface area contributed by atoms with E-state index in [0.717, 1.165) is 51.5 Å². The van der Waals surface area contributed by atoms with Crippen LogP contribution >= 0.6 is 0 Å². The van der Waals surface area contributed by atoms with Crippen LogP contribution in [0.5, 0.6) is 5.75 Å². The number of hydrogen-bond donors (Lipinski definition) is 2. The lowest BCUT2D eigenvalue weighted by Gasteiger charge is -2.35. The molecule has 144 valence electrons. The summed E-state index contributed by atoms with van der Waals surface area (Å²) in [6.45, 7) is 1.09. The molecule has 1 aromatic carbocycles. The van der Waals surface area contributed by atoms with Gasteiger partial charge in [-0.25, -0.2) is 4.79 Å². The Hall–Kier alpha value is -2.57. The highest BCUT2D eigenvalue weighted by Gasteiger charge is 2.30. The lowest BCUT2D eigenvalue weighted by molar-refractivity contribution is 0.146. The summed E-state index contributed by atoms with van der Waals surface area (Å²) in [4.78, 5) is 19.0. The van der Waals surface area contributed by atoms with Gasteiger partial charge in [0.15, 0.2) is 5.82 Å². The van der Waals surface area contributed by atoms with Gasteiger partial charge in [0, 0.05) is 18.5 Å². The molecule has 0 spiro atoms. The number of benzene rings is 1. The van der Waals surface area contributed by atoms with Crippen LogP contribution in [0.3, 0.4) is 0 Å². The SMILES string of the molecule is O=C(NCc1noc(C2CC2)n1)N1CCCC[C@@H]1CCc1ccc(O)cc1. The molecule has 27 heavy (non-hydrogen) atoms. The van der Waals surface area contributed by atoms with Gasteiger partial charge in [0.2, 0.25) is 5.89 Å². The zero-order valence-electron chi connectivity index (χ0n) is 15.4. The van der Waals surface area contributed by atoms with Crippen molar-refractivity contribution in [3.8, 4) is 5.75 Å². The van der Waals surface area contributed by atoms with Crippen LogP contribution < -0.4 is 5.32 Å². The lowest BCUT2D eigenvalue weighted by Crippen LogP contribution is -2.48. The molecule has 2 fully saturated rings. The number of nitrogens with zero attached hydrogens (tertiary/aromatic N) is 3. The highest BCUT2D eigenvalue weighted by Crippen LogP contribution is 2.38. The summed E-state index contributed by atoms with van der Waals surface area (Å²) < 4.78 is 5.24. The molecular formula is C20H26N4O3. The average Bonchev–Trinajstić information content (AvgIpc) is 3.44. The molecule has 0 bridgehead atoms. The van der Waals surface area contributed by atoms with Gasteiger partial charge in [-0.05, 0) is 62.6 Å². The number of likely N-dealkylation sites (tertiary alicyclic amines) is 1. The maximum atomic E-state index is 12.7. The van der Waals surface area contributed by atoms with E-state index in [1.54, 1.807) is 12.1 Å². The first-order valence-corrected chi connectivity index (χ1v) is 9.84. The van der Waals surface area contributed by atoms with E-state index in [9.17, 15) is 9.90 Å². The van der Waals surface area contributed by atoms with Crippen molar-refractivity contribution in [3.05, 3.63) is 41.5 Å². The number of phenols is 1. The second-order valence-electron chi connectivity index (χ2n) is 7.53. The van der Waals surface area contributed by atoms with Gasteiger partial charge < -0.3 is 19.8 Å². The van der Waals surface area contributed by atoms with Crippen LogP contribution in [0.1, 0.15) is 61.7 Å². The van der Waals surface area contributed by atoms with Gasteiger partial charge in [0.25, 0.3) is 0 Å². The summed E-state index contributed by atoms with van der Waals surface area (Å²) in [7, 11) is 0. The number of phenolic OH excluding ortho intramolecular Hbond substituents is 1. The molecule has 1 saturated carbocycles. The number of carbonyl (C=O) groups excluding carboxylic acids is 1. The van der Waals surface area contributed by atoms with Gasteiger partial charge in [-0.15, -0.1) is 0 Å². The van der Waals surface area contributed by atoms with Crippen LogP contribution in [0.2, 0.25) is 0 Å². The minimum absolute atomic E-state index is 0.0526. The molecule has 2 amide bonds. The molecule has 1 aliphatic heterocycles. The number of rotatable bonds is 6. The second kappa shape index (κ2) is 7.98. The molecule has 7 heteroatoms. The first-order valence-electron chi connectivity index (χ1n) is 9.84. The van der Waals surface area contributed by atoms with Crippen LogP contribution in [-0.2, 0) is 13.0 Å². The quantitative estimate of drug-likeness (QED) is 0.814. The molecule has 1 aromatic heterocycles. The Kier molecular flexibility index (Phi) is 5.27. The third kappa shape index (κ3) is 4.59. The van der Waals surface area contributed by atoms with Crippen LogP contribution in [-0.4, -0.2) is 38.8 Å². The van der Waals surface area contributed by atoms with E-state index in [-0.39, 0.29) is 17.8 Å². The van der Waals surface area contributed by atoms with Crippen molar-refractivity contribution in [2.45, 2.75) is 63.5 Å². The van der Waals surface area contributed by atoms with Crippen LogP contribution in [0.4, 0.5) is 4.79 Å². The van der Waals surface area contributed by atoms with E-state index in [1.807, 2.05) is 17.0 Å². The first-order chi connectivity index (χ1) is 13.2. The van der Waals surface area contributed by atoms with Gasteiger partial charge >= 0.3 is 6.03 Å². The Bertz CT molecular complexity index is 770.